The Balaban J connectivity index is 1.65. The summed E-state index contributed by atoms with van der Waals surface area (Å²) in [4.78, 5) is 6.58. The second-order valence-corrected chi connectivity index (χ2v) is 6.38. The minimum atomic E-state index is -0.503. The summed E-state index contributed by atoms with van der Waals surface area (Å²) in [5.41, 5.74) is 2.76. The van der Waals surface area contributed by atoms with Crippen LogP contribution >= 0.6 is 0 Å². The second kappa shape index (κ2) is 6.42. The van der Waals surface area contributed by atoms with Crippen LogP contribution in [0.3, 0.4) is 0 Å². The largest absolute Gasteiger partial charge is 0.491 e. The van der Waals surface area contributed by atoms with E-state index in [1.807, 2.05) is 30.3 Å². The fraction of sp³-hybridized carbons (Fsp3) is 0.421. The van der Waals surface area contributed by atoms with Gasteiger partial charge in [0.2, 0.25) is 5.88 Å². The molecule has 1 saturated heterocycles. The normalized spacial score (nSPS) is 23.6. The van der Waals surface area contributed by atoms with E-state index < -0.39 is 6.10 Å². The summed E-state index contributed by atoms with van der Waals surface area (Å²) in [7, 11) is 1.62. The Morgan fingerprint density at radius 3 is 2.88 bits per heavy atom. The van der Waals surface area contributed by atoms with Crippen LogP contribution in [0, 0.1) is 0 Å². The Hall–Kier alpha value is -2.11. The lowest BCUT2D eigenvalue weighted by Gasteiger charge is -2.36. The summed E-state index contributed by atoms with van der Waals surface area (Å²) < 4.78 is 11.3. The molecule has 2 unspecified atom stereocenters. The van der Waals surface area contributed by atoms with E-state index in [1.165, 1.54) is 12.8 Å². The molecule has 126 valence electrons. The number of hydrogen-bond acceptors (Lipinski definition) is 5. The number of pyridine rings is 1. The van der Waals surface area contributed by atoms with Gasteiger partial charge in [0.25, 0.3) is 0 Å². The lowest BCUT2D eigenvalue weighted by molar-refractivity contribution is 0.0140. The zero-order valence-electron chi connectivity index (χ0n) is 13.8. The molecule has 2 atom stereocenters. The number of nitrogens with zero attached hydrogens (tertiary/aromatic N) is 2. The number of aliphatic hydroxyl groups is 1. The maximum Gasteiger partial charge on any atom is 0.221 e. The Kier molecular flexibility index (Phi) is 4.12. The van der Waals surface area contributed by atoms with Crippen LogP contribution in [0.4, 0.5) is 0 Å². The first-order valence-corrected chi connectivity index (χ1v) is 8.46. The Bertz CT molecular complexity index is 728. The van der Waals surface area contributed by atoms with Gasteiger partial charge < -0.3 is 14.6 Å². The predicted molar refractivity (Wildman–Crippen MR) is 91.3 cm³/mol. The number of methoxy groups -OCH3 is 1. The van der Waals surface area contributed by atoms with Gasteiger partial charge in [-0.05, 0) is 49.7 Å². The summed E-state index contributed by atoms with van der Waals surface area (Å²) in [5, 5.41) is 10.8. The zero-order valence-corrected chi connectivity index (χ0v) is 13.8. The maximum absolute atomic E-state index is 10.8. The van der Waals surface area contributed by atoms with Crippen LogP contribution in [-0.2, 0) is 0 Å². The van der Waals surface area contributed by atoms with E-state index in [2.05, 4.69) is 9.88 Å². The standard InChI is InChI=1S/C19H22N2O3/c1-23-19-14(5-4-8-20-19)13-6-7-15-17(11-13)24-12-16(18(15)22)21-9-2-3-10-21/h4-8,11,16,18,22H,2-3,9-10,12H2,1H3. The fourth-order valence-corrected chi connectivity index (χ4v) is 3.70. The van der Waals surface area contributed by atoms with E-state index in [-0.39, 0.29) is 6.04 Å². The van der Waals surface area contributed by atoms with Crippen molar-refractivity contribution in [3.63, 3.8) is 0 Å². The molecule has 5 nitrogen and oxygen atoms in total. The average Bonchev–Trinajstić information content (AvgIpc) is 3.16. The van der Waals surface area contributed by atoms with Gasteiger partial charge in [-0.3, -0.25) is 4.90 Å². The molecule has 0 bridgehead atoms. The van der Waals surface area contributed by atoms with E-state index in [9.17, 15) is 5.11 Å². The SMILES string of the molecule is COc1ncccc1-c1ccc2c(c1)OCC(N1CCCC1)C2O. The molecule has 0 radical (unpaired) electrons. The van der Waals surface area contributed by atoms with Crippen LogP contribution < -0.4 is 9.47 Å². The van der Waals surface area contributed by atoms with Crippen LogP contribution in [0.25, 0.3) is 11.1 Å². The topological polar surface area (TPSA) is 54.8 Å². The highest BCUT2D eigenvalue weighted by molar-refractivity contribution is 5.70. The maximum atomic E-state index is 10.8. The summed E-state index contributed by atoms with van der Waals surface area (Å²) in [6.45, 7) is 2.62. The molecule has 0 saturated carbocycles. The van der Waals surface area contributed by atoms with Crippen molar-refractivity contribution in [1.82, 2.24) is 9.88 Å². The van der Waals surface area contributed by atoms with Crippen molar-refractivity contribution in [1.29, 1.82) is 0 Å². The minimum absolute atomic E-state index is 0.0544. The minimum Gasteiger partial charge on any atom is -0.491 e. The quantitative estimate of drug-likeness (QED) is 0.940. The highest BCUT2D eigenvalue weighted by atomic mass is 16.5. The Morgan fingerprint density at radius 2 is 2.08 bits per heavy atom. The van der Waals surface area contributed by atoms with Gasteiger partial charge in [0.05, 0.1) is 13.2 Å². The van der Waals surface area contributed by atoms with Crippen molar-refractivity contribution in [2.24, 2.45) is 0 Å². The van der Waals surface area contributed by atoms with Gasteiger partial charge in [0, 0.05) is 17.3 Å². The highest BCUT2D eigenvalue weighted by Crippen LogP contribution is 2.39. The van der Waals surface area contributed by atoms with Gasteiger partial charge >= 0.3 is 0 Å². The third kappa shape index (κ3) is 2.64. The lowest BCUT2D eigenvalue weighted by Crippen LogP contribution is -2.44. The van der Waals surface area contributed by atoms with Gasteiger partial charge in [-0.1, -0.05) is 12.1 Å². The third-order valence-electron chi connectivity index (χ3n) is 4.99. The highest BCUT2D eigenvalue weighted by Gasteiger charge is 2.35. The van der Waals surface area contributed by atoms with Crippen molar-refractivity contribution >= 4 is 0 Å². The molecule has 1 aromatic heterocycles. The molecule has 4 rings (SSSR count). The fourth-order valence-electron chi connectivity index (χ4n) is 3.70. The zero-order chi connectivity index (χ0) is 16.5. The van der Waals surface area contributed by atoms with Crippen LogP contribution in [-0.4, -0.2) is 47.8 Å². The molecule has 1 N–H and O–H groups in total. The third-order valence-corrected chi connectivity index (χ3v) is 4.99. The molecule has 3 heterocycles. The number of rotatable bonds is 3. The van der Waals surface area contributed by atoms with Crippen molar-refractivity contribution in [2.45, 2.75) is 25.0 Å². The average molecular weight is 326 g/mol. The molecule has 0 aliphatic carbocycles. The van der Waals surface area contributed by atoms with Gasteiger partial charge in [-0.15, -0.1) is 0 Å². The number of likely N-dealkylation sites (tertiary alicyclic amines) is 1. The van der Waals surface area contributed by atoms with Crippen LogP contribution in [0.1, 0.15) is 24.5 Å². The molecule has 2 aliphatic rings. The van der Waals surface area contributed by atoms with E-state index in [4.69, 9.17) is 9.47 Å². The van der Waals surface area contributed by atoms with Gasteiger partial charge in [-0.25, -0.2) is 4.98 Å². The summed E-state index contributed by atoms with van der Waals surface area (Å²) in [6, 6.07) is 9.84. The molecule has 0 amide bonds. The lowest BCUT2D eigenvalue weighted by atomic mass is 9.95. The molecule has 24 heavy (non-hydrogen) atoms. The molecular formula is C19H22N2O3. The van der Waals surface area contributed by atoms with Crippen LogP contribution in [0.2, 0.25) is 0 Å². The number of ether oxygens (including phenoxy) is 2. The summed E-state index contributed by atoms with van der Waals surface area (Å²) >= 11 is 0. The van der Waals surface area contributed by atoms with Crippen molar-refractivity contribution < 1.29 is 14.6 Å². The molecule has 2 aromatic rings. The smallest absolute Gasteiger partial charge is 0.221 e. The van der Waals surface area contributed by atoms with Crippen LogP contribution in [0.5, 0.6) is 11.6 Å². The monoisotopic (exact) mass is 326 g/mol. The molecule has 1 fully saturated rings. The Labute approximate surface area is 141 Å². The number of hydrogen-bond donors (Lipinski definition) is 1. The molecule has 5 heteroatoms. The van der Waals surface area contributed by atoms with Crippen molar-refractivity contribution in [2.75, 3.05) is 26.8 Å². The van der Waals surface area contributed by atoms with Gasteiger partial charge in [-0.2, -0.15) is 0 Å². The van der Waals surface area contributed by atoms with Gasteiger partial charge in [0.1, 0.15) is 18.5 Å². The van der Waals surface area contributed by atoms with Gasteiger partial charge in [0.15, 0.2) is 0 Å². The van der Waals surface area contributed by atoms with Crippen LogP contribution in [0.15, 0.2) is 36.5 Å². The van der Waals surface area contributed by atoms with Crippen molar-refractivity contribution in [3.05, 3.63) is 42.1 Å². The number of benzene rings is 1. The number of aromatic nitrogens is 1. The predicted octanol–water partition coefficient (Wildman–Crippen LogP) is 2.65. The number of aliphatic hydroxyl groups excluding tert-OH is 1. The van der Waals surface area contributed by atoms with Crippen molar-refractivity contribution in [3.8, 4) is 22.8 Å². The van der Waals surface area contributed by atoms with E-state index in [1.54, 1.807) is 13.3 Å². The van der Waals surface area contributed by atoms with E-state index in [0.717, 1.165) is 35.5 Å². The first-order valence-electron chi connectivity index (χ1n) is 8.46. The second-order valence-electron chi connectivity index (χ2n) is 6.38. The molecule has 0 spiro atoms. The summed E-state index contributed by atoms with van der Waals surface area (Å²) in [6.07, 6.45) is 3.62. The molecule has 1 aromatic carbocycles. The molecule has 2 aliphatic heterocycles. The first kappa shape index (κ1) is 15.4. The first-order chi connectivity index (χ1) is 11.8. The molecular weight excluding hydrogens is 304 g/mol. The Morgan fingerprint density at radius 1 is 1.25 bits per heavy atom. The summed E-state index contributed by atoms with van der Waals surface area (Å²) in [5.74, 6) is 1.34. The number of fused-ring (bicyclic) bond motifs is 1. The van der Waals surface area contributed by atoms with E-state index in [0.29, 0.717) is 12.5 Å². The van der Waals surface area contributed by atoms with E-state index >= 15 is 0 Å².